The van der Waals surface area contributed by atoms with Crippen molar-refractivity contribution in [1.82, 2.24) is 4.98 Å². The van der Waals surface area contributed by atoms with E-state index in [0.717, 1.165) is 5.01 Å². The van der Waals surface area contributed by atoms with Gasteiger partial charge in [0.15, 0.2) is 5.76 Å². The van der Waals surface area contributed by atoms with E-state index in [1.165, 1.54) is 17.6 Å². The van der Waals surface area contributed by atoms with Crippen LogP contribution in [0.3, 0.4) is 0 Å². The van der Waals surface area contributed by atoms with E-state index in [-0.39, 0.29) is 6.10 Å². The van der Waals surface area contributed by atoms with Crippen LogP contribution >= 0.6 is 11.3 Å². The molecule has 18 heavy (non-hydrogen) atoms. The van der Waals surface area contributed by atoms with Gasteiger partial charge in [0.25, 0.3) is 5.91 Å². The maximum absolute atomic E-state index is 11.0. The molecule has 0 aliphatic rings. The Morgan fingerprint density at radius 3 is 3.06 bits per heavy atom. The van der Waals surface area contributed by atoms with Crippen LogP contribution in [0.5, 0.6) is 0 Å². The van der Waals surface area contributed by atoms with Crippen molar-refractivity contribution in [2.75, 3.05) is 6.61 Å². The van der Waals surface area contributed by atoms with Crippen molar-refractivity contribution in [3.8, 4) is 11.5 Å². The molecule has 0 aromatic carbocycles. The summed E-state index contributed by atoms with van der Waals surface area (Å²) in [6.07, 6.45) is 1.29. The van der Waals surface area contributed by atoms with E-state index in [2.05, 4.69) is 4.98 Å². The standard InChI is InChI=1S/C12H14N2O3S/c1-3-16-7(2)12-14-9(6-18-12)10-4-8(5-17-10)11(13)15/h4-7H,3H2,1-2H3,(H2,13,15). The summed E-state index contributed by atoms with van der Waals surface area (Å²) in [6, 6.07) is 1.59. The number of hydrogen-bond donors (Lipinski definition) is 1. The van der Waals surface area contributed by atoms with Crippen LogP contribution in [-0.2, 0) is 4.74 Å². The highest BCUT2D eigenvalue weighted by molar-refractivity contribution is 7.10. The number of hydrogen-bond acceptors (Lipinski definition) is 5. The lowest BCUT2D eigenvalue weighted by atomic mass is 10.3. The Hall–Kier alpha value is -1.66. The zero-order valence-electron chi connectivity index (χ0n) is 10.2. The first-order valence-corrected chi connectivity index (χ1v) is 6.45. The van der Waals surface area contributed by atoms with Crippen LogP contribution < -0.4 is 5.73 Å². The number of thiazole rings is 1. The molecule has 0 spiro atoms. The SMILES string of the molecule is CCOC(C)c1nc(-c2cc(C(N)=O)co2)cs1. The van der Waals surface area contributed by atoms with E-state index in [0.29, 0.717) is 23.6 Å². The number of aromatic nitrogens is 1. The molecule has 1 atom stereocenters. The lowest BCUT2D eigenvalue weighted by Gasteiger charge is -2.06. The number of rotatable bonds is 5. The van der Waals surface area contributed by atoms with Crippen LogP contribution in [0, 0.1) is 0 Å². The molecule has 2 aromatic heterocycles. The molecule has 2 heterocycles. The zero-order chi connectivity index (χ0) is 13.1. The van der Waals surface area contributed by atoms with Gasteiger partial charge in [0, 0.05) is 12.0 Å². The minimum absolute atomic E-state index is 0.0423. The van der Waals surface area contributed by atoms with Crippen LogP contribution in [-0.4, -0.2) is 17.5 Å². The maximum atomic E-state index is 11.0. The van der Waals surface area contributed by atoms with Gasteiger partial charge < -0.3 is 14.9 Å². The van der Waals surface area contributed by atoms with Crippen molar-refractivity contribution >= 4 is 17.2 Å². The summed E-state index contributed by atoms with van der Waals surface area (Å²) in [5.74, 6) is 0.0261. The van der Waals surface area contributed by atoms with Gasteiger partial charge in [0.1, 0.15) is 23.1 Å². The number of primary amides is 1. The molecular formula is C12H14N2O3S. The maximum Gasteiger partial charge on any atom is 0.251 e. The highest BCUT2D eigenvalue weighted by Gasteiger charge is 2.14. The van der Waals surface area contributed by atoms with Gasteiger partial charge in [-0.1, -0.05) is 0 Å². The van der Waals surface area contributed by atoms with E-state index in [1.807, 2.05) is 19.2 Å². The van der Waals surface area contributed by atoms with Gasteiger partial charge >= 0.3 is 0 Å². The number of carbonyl (C=O) groups excluding carboxylic acids is 1. The molecule has 96 valence electrons. The van der Waals surface area contributed by atoms with Crippen LogP contribution in [0.25, 0.3) is 11.5 Å². The van der Waals surface area contributed by atoms with Crippen molar-refractivity contribution in [2.24, 2.45) is 5.73 Å². The summed E-state index contributed by atoms with van der Waals surface area (Å²) in [6.45, 7) is 4.53. The number of ether oxygens (including phenoxy) is 1. The summed E-state index contributed by atoms with van der Waals surface area (Å²) in [5, 5.41) is 2.75. The van der Waals surface area contributed by atoms with Gasteiger partial charge in [0.05, 0.1) is 5.56 Å². The van der Waals surface area contributed by atoms with E-state index in [1.54, 1.807) is 6.07 Å². The molecule has 0 bridgehead atoms. The second kappa shape index (κ2) is 5.32. The molecule has 6 heteroatoms. The molecule has 2 N–H and O–H groups in total. The molecule has 5 nitrogen and oxygen atoms in total. The van der Waals surface area contributed by atoms with Gasteiger partial charge in [-0.25, -0.2) is 4.98 Å². The zero-order valence-corrected chi connectivity index (χ0v) is 11.0. The fourth-order valence-corrected chi connectivity index (χ4v) is 2.32. The first-order valence-electron chi connectivity index (χ1n) is 5.57. The molecular weight excluding hydrogens is 252 g/mol. The summed E-state index contributed by atoms with van der Waals surface area (Å²) in [7, 11) is 0. The minimum Gasteiger partial charge on any atom is -0.462 e. The third kappa shape index (κ3) is 2.60. The smallest absolute Gasteiger partial charge is 0.251 e. The Balaban J connectivity index is 2.20. The molecule has 0 saturated heterocycles. The van der Waals surface area contributed by atoms with Gasteiger partial charge in [-0.2, -0.15) is 0 Å². The molecule has 0 aliphatic heterocycles. The third-order valence-corrected chi connectivity index (χ3v) is 3.43. The summed E-state index contributed by atoms with van der Waals surface area (Å²) in [4.78, 5) is 15.4. The lowest BCUT2D eigenvalue weighted by molar-refractivity contribution is 0.0762. The Kier molecular flexibility index (Phi) is 3.78. The molecule has 1 unspecified atom stereocenters. The van der Waals surface area contributed by atoms with Crippen LogP contribution in [0.1, 0.15) is 35.3 Å². The fourth-order valence-electron chi connectivity index (χ4n) is 1.51. The quantitative estimate of drug-likeness (QED) is 0.902. The predicted octanol–water partition coefficient (Wildman–Crippen LogP) is 2.60. The predicted molar refractivity (Wildman–Crippen MR) is 68.4 cm³/mol. The first kappa shape index (κ1) is 12.8. The number of amides is 1. The van der Waals surface area contributed by atoms with E-state index in [9.17, 15) is 4.79 Å². The average Bonchev–Trinajstić information content (AvgIpc) is 2.98. The van der Waals surface area contributed by atoms with Gasteiger partial charge in [-0.15, -0.1) is 11.3 Å². The van der Waals surface area contributed by atoms with Crippen molar-refractivity contribution in [2.45, 2.75) is 20.0 Å². The summed E-state index contributed by atoms with van der Waals surface area (Å²) < 4.78 is 10.7. The van der Waals surface area contributed by atoms with E-state index < -0.39 is 5.91 Å². The van der Waals surface area contributed by atoms with E-state index >= 15 is 0 Å². The van der Waals surface area contributed by atoms with Gasteiger partial charge in [0.2, 0.25) is 0 Å². The van der Waals surface area contributed by atoms with Crippen molar-refractivity contribution in [1.29, 1.82) is 0 Å². The van der Waals surface area contributed by atoms with Crippen LogP contribution in [0.4, 0.5) is 0 Å². The minimum atomic E-state index is -0.511. The monoisotopic (exact) mass is 266 g/mol. The molecule has 0 radical (unpaired) electrons. The molecule has 1 amide bonds. The largest absolute Gasteiger partial charge is 0.462 e. The second-order valence-corrected chi connectivity index (χ2v) is 4.62. The Labute approximate surface area is 109 Å². The van der Waals surface area contributed by atoms with Crippen molar-refractivity contribution < 1.29 is 13.9 Å². The molecule has 2 rings (SSSR count). The molecule has 0 saturated carbocycles. The van der Waals surface area contributed by atoms with Gasteiger partial charge in [-0.05, 0) is 19.9 Å². The fraction of sp³-hybridized carbons (Fsp3) is 0.333. The Morgan fingerprint density at radius 2 is 2.44 bits per heavy atom. The average molecular weight is 266 g/mol. The molecule has 2 aromatic rings. The van der Waals surface area contributed by atoms with E-state index in [4.69, 9.17) is 14.9 Å². The van der Waals surface area contributed by atoms with Crippen molar-refractivity contribution in [3.05, 3.63) is 28.3 Å². The number of furan rings is 1. The summed E-state index contributed by atoms with van der Waals surface area (Å²) in [5.41, 5.74) is 6.20. The Bertz CT molecular complexity index is 547. The second-order valence-electron chi connectivity index (χ2n) is 3.73. The third-order valence-electron chi connectivity index (χ3n) is 2.42. The first-order chi connectivity index (χ1) is 8.61. The van der Waals surface area contributed by atoms with Crippen LogP contribution in [0.2, 0.25) is 0 Å². The summed E-state index contributed by atoms with van der Waals surface area (Å²) >= 11 is 1.50. The highest BCUT2D eigenvalue weighted by atomic mass is 32.1. The number of nitrogens with two attached hydrogens (primary N) is 1. The topological polar surface area (TPSA) is 78.4 Å². The number of carbonyl (C=O) groups is 1. The molecule has 0 aliphatic carbocycles. The van der Waals surface area contributed by atoms with Crippen molar-refractivity contribution in [3.63, 3.8) is 0 Å². The Morgan fingerprint density at radius 1 is 1.67 bits per heavy atom. The highest BCUT2D eigenvalue weighted by Crippen LogP contribution is 2.28. The van der Waals surface area contributed by atoms with Gasteiger partial charge in [-0.3, -0.25) is 4.79 Å². The lowest BCUT2D eigenvalue weighted by Crippen LogP contribution is -2.09. The van der Waals surface area contributed by atoms with Crippen LogP contribution in [0.15, 0.2) is 22.1 Å². The number of nitrogens with zero attached hydrogens (tertiary/aromatic N) is 1. The normalized spacial score (nSPS) is 12.6. The molecule has 0 fully saturated rings.